The number of nitrogens with zero attached hydrogens (tertiary/aromatic N) is 1. The summed E-state index contributed by atoms with van der Waals surface area (Å²) < 4.78 is 0. The first-order valence-electron chi connectivity index (χ1n) is 4.69. The van der Waals surface area contributed by atoms with Crippen molar-refractivity contribution in [3.05, 3.63) is 24.3 Å². The van der Waals surface area contributed by atoms with E-state index in [-0.39, 0.29) is 10.8 Å². The van der Waals surface area contributed by atoms with Crippen LogP contribution in [-0.4, -0.2) is 4.87 Å². The van der Waals surface area contributed by atoms with Gasteiger partial charge in [0.15, 0.2) is 0 Å². The minimum atomic E-state index is -0.270. The van der Waals surface area contributed by atoms with Crippen LogP contribution in [0.25, 0.3) is 0 Å². The molecule has 0 aromatic carbocycles. The van der Waals surface area contributed by atoms with Crippen LogP contribution in [0.5, 0.6) is 0 Å². The van der Waals surface area contributed by atoms with E-state index in [1.165, 1.54) is 0 Å². The Bertz CT molecular complexity index is 300. The number of rotatable bonds is 1. The highest BCUT2D eigenvalue weighted by atomic mass is 35.5. The third-order valence-electron chi connectivity index (χ3n) is 3.11. The number of hydrogen-bond acceptors (Lipinski definition) is 1. The van der Waals surface area contributed by atoms with Gasteiger partial charge in [0.05, 0.1) is 16.9 Å². The van der Waals surface area contributed by atoms with Gasteiger partial charge in [0.25, 0.3) is 0 Å². The van der Waals surface area contributed by atoms with E-state index in [4.69, 9.17) is 16.9 Å². The molecule has 0 aromatic rings. The zero-order chi connectivity index (χ0) is 9.31. The van der Waals surface area contributed by atoms with Crippen molar-refractivity contribution in [2.75, 3.05) is 0 Å². The second-order valence-corrected chi connectivity index (χ2v) is 4.54. The monoisotopic (exact) mass is 193 g/mol. The topological polar surface area (TPSA) is 23.8 Å². The predicted molar refractivity (Wildman–Crippen MR) is 53.3 cm³/mol. The Labute approximate surface area is 83.7 Å². The number of halogens is 1. The fraction of sp³-hybridized carbons (Fsp3) is 0.545. The molecule has 3 unspecified atom stereocenters. The van der Waals surface area contributed by atoms with E-state index in [2.05, 4.69) is 12.1 Å². The zero-order valence-electron chi connectivity index (χ0n) is 7.41. The summed E-state index contributed by atoms with van der Waals surface area (Å²) in [6, 6.07) is 2.33. The second-order valence-electron chi connectivity index (χ2n) is 3.84. The molecule has 2 rings (SSSR count). The summed E-state index contributed by atoms with van der Waals surface area (Å²) in [4.78, 5) is -0.270. The van der Waals surface area contributed by atoms with Crippen molar-refractivity contribution >= 4 is 11.6 Å². The standard InChI is InChI=1S/C11H12ClN/c12-11(6-2-1-3-7-11)10-5-4-9(10)8-13/h1-3,6,9-10H,4-5,7H2. The van der Waals surface area contributed by atoms with Gasteiger partial charge in [-0.3, -0.25) is 0 Å². The van der Waals surface area contributed by atoms with Gasteiger partial charge in [-0.2, -0.15) is 5.26 Å². The maximum absolute atomic E-state index is 8.85. The highest BCUT2D eigenvalue weighted by Crippen LogP contribution is 2.48. The Balaban J connectivity index is 2.12. The number of nitriles is 1. The molecule has 2 aliphatic carbocycles. The van der Waals surface area contributed by atoms with Crippen molar-refractivity contribution in [1.29, 1.82) is 5.26 Å². The van der Waals surface area contributed by atoms with Gasteiger partial charge < -0.3 is 0 Å². The molecule has 1 fully saturated rings. The Kier molecular flexibility index (Phi) is 2.17. The van der Waals surface area contributed by atoms with Crippen LogP contribution in [0.1, 0.15) is 19.3 Å². The zero-order valence-corrected chi connectivity index (χ0v) is 8.17. The average Bonchev–Trinajstić information content (AvgIpc) is 2.03. The molecule has 0 amide bonds. The minimum absolute atomic E-state index is 0.175. The van der Waals surface area contributed by atoms with Crippen molar-refractivity contribution in [3.8, 4) is 6.07 Å². The van der Waals surface area contributed by atoms with Gasteiger partial charge in [-0.1, -0.05) is 24.3 Å². The van der Waals surface area contributed by atoms with Crippen LogP contribution in [0.4, 0.5) is 0 Å². The summed E-state index contributed by atoms with van der Waals surface area (Å²) in [7, 11) is 0. The lowest BCUT2D eigenvalue weighted by atomic mass is 9.65. The molecule has 3 atom stereocenters. The fourth-order valence-electron chi connectivity index (χ4n) is 2.11. The number of hydrogen-bond donors (Lipinski definition) is 0. The van der Waals surface area contributed by atoms with E-state index in [1.54, 1.807) is 0 Å². The average molecular weight is 194 g/mol. The lowest BCUT2D eigenvalue weighted by Crippen LogP contribution is -2.41. The van der Waals surface area contributed by atoms with Crippen molar-refractivity contribution in [2.45, 2.75) is 24.1 Å². The first kappa shape index (κ1) is 8.84. The Morgan fingerprint density at radius 3 is 2.69 bits per heavy atom. The third-order valence-corrected chi connectivity index (χ3v) is 3.67. The van der Waals surface area contributed by atoms with Gasteiger partial charge >= 0.3 is 0 Å². The Morgan fingerprint density at radius 1 is 1.38 bits per heavy atom. The smallest absolute Gasteiger partial charge is 0.0704 e. The van der Waals surface area contributed by atoms with Gasteiger partial charge in [-0.25, -0.2) is 0 Å². The van der Waals surface area contributed by atoms with Gasteiger partial charge in [-0.15, -0.1) is 11.6 Å². The molecule has 0 spiro atoms. The summed E-state index contributed by atoms with van der Waals surface area (Å²) in [5.41, 5.74) is 0. The van der Waals surface area contributed by atoms with E-state index in [9.17, 15) is 0 Å². The van der Waals surface area contributed by atoms with Crippen molar-refractivity contribution in [2.24, 2.45) is 11.8 Å². The van der Waals surface area contributed by atoms with E-state index < -0.39 is 0 Å². The quantitative estimate of drug-likeness (QED) is 0.588. The molecule has 1 nitrogen and oxygen atoms in total. The molecule has 0 heterocycles. The molecule has 0 aliphatic heterocycles. The Hall–Kier alpha value is -0.740. The van der Waals surface area contributed by atoms with E-state index in [1.807, 2.05) is 18.2 Å². The number of allylic oxidation sites excluding steroid dienone is 4. The third kappa shape index (κ3) is 1.40. The van der Waals surface area contributed by atoms with Crippen LogP contribution >= 0.6 is 11.6 Å². The summed E-state index contributed by atoms with van der Waals surface area (Å²) in [6.07, 6.45) is 11.1. The summed E-state index contributed by atoms with van der Waals surface area (Å²) >= 11 is 6.46. The lowest BCUT2D eigenvalue weighted by molar-refractivity contribution is 0.191. The highest BCUT2D eigenvalue weighted by Gasteiger charge is 2.44. The molecular formula is C11H12ClN. The first-order chi connectivity index (χ1) is 6.26. The fourth-order valence-corrected chi connectivity index (χ4v) is 2.54. The Morgan fingerprint density at radius 2 is 2.23 bits per heavy atom. The van der Waals surface area contributed by atoms with Crippen LogP contribution in [0.2, 0.25) is 0 Å². The molecule has 13 heavy (non-hydrogen) atoms. The SMILES string of the molecule is N#CC1CCC1C1(Cl)C=CC=CC1. The van der Waals surface area contributed by atoms with Crippen LogP contribution in [0.15, 0.2) is 24.3 Å². The normalized spacial score (nSPS) is 42.5. The van der Waals surface area contributed by atoms with Gasteiger partial charge in [0.2, 0.25) is 0 Å². The number of alkyl halides is 1. The molecular weight excluding hydrogens is 182 g/mol. The van der Waals surface area contributed by atoms with Gasteiger partial charge in [-0.05, 0) is 25.2 Å². The molecule has 1 saturated carbocycles. The molecule has 2 aliphatic rings. The molecule has 2 heteroatoms. The molecule has 68 valence electrons. The maximum Gasteiger partial charge on any atom is 0.0704 e. The van der Waals surface area contributed by atoms with Crippen LogP contribution < -0.4 is 0 Å². The predicted octanol–water partition coefficient (Wildman–Crippen LogP) is 3.03. The molecule has 0 bridgehead atoms. The lowest BCUT2D eigenvalue weighted by Gasteiger charge is -2.42. The van der Waals surface area contributed by atoms with E-state index in [0.29, 0.717) is 5.92 Å². The maximum atomic E-state index is 8.85. The van der Waals surface area contributed by atoms with Gasteiger partial charge in [0.1, 0.15) is 0 Å². The minimum Gasteiger partial charge on any atom is -0.198 e. The second kappa shape index (κ2) is 3.20. The van der Waals surface area contributed by atoms with Crippen LogP contribution in [0, 0.1) is 23.2 Å². The van der Waals surface area contributed by atoms with Crippen LogP contribution in [0.3, 0.4) is 0 Å². The largest absolute Gasteiger partial charge is 0.198 e. The van der Waals surface area contributed by atoms with E-state index in [0.717, 1.165) is 19.3 Å². The summed E-state index contributed by atoms with van der Waals surface area (Å²) in [6.45, 7) is 0. The van der Waals surface area contributed by atoms with Crippen molar-refractivity contribution < 1.29 is 0 Å². The van der Waals surface area contributed by atoms with Crippen LogP contribution in [-0.2, 0) is 0 Å². The van der Waals surface area contributed by atoms with Crippen molar-refractivity contribution in [1.82, 2.24) is 0 Å². The van der Waals surface area contributed by atoms with Gasteiger partial charge in [0, 0.05) is 0 Å². The molecule has 0 radical (unpaired) electrons. The molecule has 0 saturated heterocycles. The summed E-state index contributed by atoms with van der Waals surface area (Å²) in [5.74, 6) is 0.536. The molecule has 0 N–H and O–H groups in total. The molecule has 0 aromatic heterocycles. The summed E-state index contributed by atoms with van der Waals surface area (Å²) in [5, 5.41) is 8.85. The van der Waals surface area contributed by atoms with E-state index >= 15 is 0 Å². The van der Waals surface area contributed by atoms with Crippen molar-refractivity contribution in [3.63, 3.8) is 0 Å². The highest BCUT2D eigenvalue weighted by molar-refractivity contribution is 6.25. The first-order valence-corrected chi connectivity index (χ1v) is 5.07.